The fraction of sp³-hybridized carbons (Fsp3) is 0.583. The van der Waals surface area contributed by atoms with Crippen molar-refractivity contribution in [1.29, 1.82) is 5.26 Å². The van der Waals surface area contributed by atoms with Crippen LogP contribution in [0.15, 0.2) is 18.3 Å². The fourth-order valence-corrected chi connectivity index (χ4v) is 1.94. The second-order valence-electron chi connectivity index (χ2n) is 4.10. The van der Waals surface area contributed by atoms with Crippen molar-refractivity contribution >= 4 is 0 Å². The Hall–Kier alpha value is -1.35. The minimum absolute atomic E-state index is 0.244. The average molecular weight is 234 g/mol. The van der Waals surface area contributed by atoms with Crippen LogP contribution in [-0.2, 0) is 4.74 Å². The van der Waals surface area contributed by atoms with Crippen LogP contribution in [0.5, 0.6) is 0 Å². The van der Waals surface area contributed by atoms with Crippen molar-refractivity contribution in [2.75, 3.05) is 39.4 Å². The molecule has 1 atom stereocenters. The molecule has 5 heteroatoms. The van der Waals surface area contributed by atoms with Crippen molar-refractivity contribution in [3.63, 3.8) is 0 Å². The maximum absolute atomic E-state index is 9.07. The monoisotopic (exact) mass is 234 g/mol. The first-order valence-electron chi connectivity index (χ1n) is 5.96. The molecule has 0 saturated carbocycles. The third kappa shape index (κ3) is 3.56. The summed E-state index contributed by atoms with van der Waals surface area (Å²) in [6.07, 6.45) is 1.84. The van der Waals surface area contributed by atoms with E-state index in [4.69, 9.17) is 10.00 Å². The number of ether oxygens (including phenoxy) is 1. The van der Waals surface area contributed by atoms with Crippen LogP contribution in [0.25, 0.3) is 0 Å². The van der Waals surface area contributed by atoms with E-state index in [0.717, 1.165) is 45.1 Å². The van der Waals surface area contributed by atoms with E-state index >= 15 is 0 Å². The van der Waals surface area contributed by atoms with Gasteiger partial charge in [0.1, 0.15) is 6.04 Å². The lowest BCUT2D eigenvalue weighted by Crippen LogP contribution is -2.40. The van der Waals surface area contributed by atoms with Gasteiger partial charge in [0.25, 0.3) is 0 Å². The van der Waals surface area contributed by atoms with Crippen LogP contribution in [0.4, 0.5) is 0 Å². The molecule has 0 amide bonds. The lowest BCUT2D eigenvalue weighted by molar-refractivity contribution is 0.0383. The fourth-order valence-electron chi connectivity index (χ4n) is 1.94. The van der Waals surface area contributed by atoms with E-state index in [-0.39, 0.29) is 6.04 Å². The van der Waals surface area contributed by atoms with E-state index < -0.39 is 0 Å². The van der Waals surface area contributed by atoms with Crippen molar-refractivity contribution in [2.24, 2.45) is 0 Å². The Morgan fingerprint density at radius 2 is 2.35 bits per heavy atom. The third-order valence-corrected chi connectivity index (χ3v) is 2.94. The predicted octanol–water partition coefficient (Wildman–Crippen LogP) is 0.501. The summed E-state index contributed by atoms with van der Waals surface area (Å²) < 4.78 is 5.29. The zero-order valence-corrected chi connectivity index (χ0v) is 9.85. The molecule has 1 fully saturated rings. The molecule has 0 bridgehead atoms. The Bertz CT molecular complexity index is 351. The number of hydrogen-bond donors (Lipinski definition) is 2. The molecule has 1 aromatic heterocycles. The summed E-state index contributed by atoms with van der Waals surface area (Å²) in [7, 11) is 0. The molecule has 1 aromatic rings. The largest absolute Gasteiger partial charge is 0.379 e. The zero-order chi connectivity index (χ0) is 11.9. The van der Waals surface area contributed by atoms with Crippen molar-refractivity contribution < 1.29 is 4.74 Å². The molecule has 0 aromatic carbocycles. The van der Waals surface area contributed by atoms with Gasteiger partial charge >= 0.3 is 0 Å². The molecule has 92 valence electrons. The molecule has 0 aliphatic carbocycles. The molecule has 2 N–H and O–H groups in total. The number of aromatic amines is 1. The summed E-state index contributed by atoms with van der Waals surface area (Å²) in [5.41, 5.74) is 0.925. The van der Waals surface area contributed by atoms with Crippen LogP contribution in [0.1, 0.15) is 11.7 Å². The number of nitriles is 1. The highest BCUT2D eigenvalue weighted by atomic mass is 16.5. The van der Waals surface area contributed by atoms with Crippen LogP contribution >= 0.6 is 0 Å². The van der Waals surface area contributed by atoms with Crippen LogP contribution in [0.2, 0.25) is 0 Å². The SMILES string of the molecule is N#CC(NCCN1CCOCC1)c1ccc[nH]1. The number of aromatic nitrogens is 1. The molecule has 1 saturated heterocycles. The Balaban J connectivity index is 1.71. The van der Waals surface area contributed by atoms with Crippen molar-refractivity contribution in [1.82, 2.24) is 15.2 Å². The van der Waals surface area contributed by atoms with E-state index in [1.165, 1.54) is 0 Å². The van der Waals surface area contributed by atoms with Crippen LogP contribution in [0, 0.1) is 11.3 Å². The summed E-state index contributed by atoms with van der Waals surface area (Å²) in [5, 5.41) is 12.3. The normalized spacial score (nSPS) is 18.8. The first-order chi connectivity index (χ1) is 8.40. The smallest absolute Gasteiger partial charge is 0.136 e. The topological polar surface area (TPSA) is 64.1 Å². The molecule has 0 spiro atoms. The lowest BCUT2D eigenvalue weighted by atomic mass is 10.2. The van der Waals surface area contributed by atoms with Crippen molar-refractivity contribution in [3.8, 4) is 6.07 Å². The Morgan fingerprint density at radius 1 is 1.53 bits per heavy atom. The average Bonchev–Trinajstić information content (AvgIpc) is 2.90. The van der Waals surface area contributed by atoms with Crippen LogP contribution in [0.3, 0.4) is 0 Å². The zero-order valence-electron chi connectivity index (χ0n) is 9.85. The highest BCUT2D eigenvalue weighted by Crippen LogP contribution is 2.08. The summed E-state index contributed by atoms with van der Waals surface area (Å²) in [5.74, 6) is 0. The van der Waals surface area contributed by atoms with E-state index in [0.29, 0.717) is 0 Å². The highest BCUT2D eigenvalue weighted by molar-refractivity contribution is 5.15. The Morgan fingerprint density at radius 3 is 3.00 bits per heavy atom. The maximum atomic E-state index is 9.07. The number of hydrogen-bond acceptors (Lipinski definition) is 4. The van der Waals surface area contributed by atoms with Crippen LogP contribution < -0.4 is 5.32 Å². The Labute approximate surface area is 101 Å². The van der Waals surface area contributed by atoms with E-state index in [2.05, 4.69) is 21.3 Å². The van der Waals surface area contributed by atoms with Gasteiger partial charge in [-0.15, -0.1) is 0 Å². The van der Waals surface area contributed by atoms with Crippen molar-refractivity contribution in [3.05, 3.63) is 24.0 Å². The number of H-pyrrole nitrogens is 1. The summed E-state index contributed by atoms with van der Waals surface area (Å²) in [6, 6.07) is 5.84. The molecular formula is C12H18N4O. The van der Waals surface area contributed by atoms with Gasteiger partial charge in [0.2, 0.25) is 0 Å². The standard InChI is InChI=1S/C12H18N4O/c13-10-12(11-2-1-3-14-11)15-4-5-16-6-8-17-9-7-16/h1-3,12,14-15H,4-9H2. The summed E-state index contributed by atoms with van der Waals surface area (Å²) in [4.78, 5) is 5.40. The van der Waals surface area contributed by atoms with Gasteiger partial charge < -0.3 is 9.72 Å². The first-order valence-corrected chi connectivity index (χ1v) is 5.96. The predicted molar refractivity (Wildman–Crippen MR) is 64.4 cm³/mol. The van der Waals surface area contributed by atoms with Gasteiger partial charge in [0, 0.05) is 38.1 Å². The molecule has 17 heavy (non-hydrogen) atoms. The van der Waals surface area contributed by atoms with E-state index in [9.17, 15) is 0 Å². The summed E-state index contributed by atoms with van der Waals surface area (Å²) in [6.45, 7) is 5.39. The molecule has 5 nitrogen and oxygen atoms in total. The summed E-state index contributed by atoms with van der Waals surface area (Å²) >= 11 is 0. The molecule has 1 unspecified atom stereocenters. The quantitative estimate of drug-likeness (QED) is 0.779. The molecule has 2 heterocycles. The minimum Gasteiger partial charge on any atom is -0.379 e. The molecule has 0 radical (unpaired) electrons. The van der Waals surface area contributed by atoms with E-state index in [1.54, 1.807) is 0 Å². The van der Waals surface area contributed by atoms with Gasteiger partial charge in [-0.3, -0.25) is 10.2 Å². The van der Waals surface area contributed by atoms with Gasteiger partial charge in [-0.1, -0.05) is 0 Å². The maximum Gasteiger partial charge on any atom is 0.136 e. The van der Waals surface area contributed by atoms with Gasteiger partial charge in [-0.05, 0) is 12.1 Å². The number of nitrogens with zero attached hydrogens (tertiary/aromatic N) is 2. The second-order valence-corrected chi connectivity index (χ2v) is 4.10. The molecule has 2 rings (SSSR count). The number of nitrogens with one attached hydrogen (secondary N) is 2. The first kappa shape index (κ1) is 12.1. The van der Waals surface area contributed by atoms with Gasteiger partial charge in [0.05, 0.1) is 19.3 Å². The molecular weight excluding hydrogens is 216 g/mol. The Kier molecular flexibility index (Phi) is 4.56. The van der Waals surface area contributed by atoms with Gasteiger partial charge in [0.15, 0.2) is 0 Å². The molecule has 1 aliphatic heterocycles. The number of rotatable bonds is 5. The minimum atomic E-state index is -0.244. The lowest BCUT2D eigenvalue weighted by Gasteiger charge is -2.26. The third-order valence-electron chi connectivity index (χ3n) is 2.94. The second kappa shape index (κ2) is 6.40. The van der Waals surface area contributed by atoms with Gasteiger partial charge in [-0.25, -0.2) is 0 Å². The van der Waals surface area contributed by atoms with Gasteiger partial charge in [-0.2, -0.15) is 5.26 Å². The highest BCUT2D eigenvalue weighted by Gasteiger charge is 2.12. The van der Waals surface area contributed by atoms with Crippen LogP contribution in [-0.4, -0.2) is 49.3 Å². The van der Waals surface area contributed by atoms with Crippen molar-refractivity contribution in [2.45, 2.75) is 6.04 Å². The number of morpholine rings is 1. The van der Waals surface area contributed by atoms with E-state index in [1.807, 2.05) is 18.3 Å². The molecule has 1 aliphatic rings.